The van der Waals surface area contributed by atoms with Gasteiger partial charge in [-0.3, -0.25) is 0 Å². The van der Waals surface area contributed by atoms with Crippen LogP contribution < -0.4 is 5.32 Å². The van der Waals surface area contributed by atoms with Gasteiger partial charge in [0.1, 0.15) is 0 Å². The van der Waals surface area contributed by atoms with Crippen LogP contribution in [0.25, 0.3) is 0 Å². The molecule has 100 valence electrons. The Morgan fingerprint density at radius 1 is 1.11 bits per heavy atom. The van der Waals surface area contributed by atoms with Gasteiger partial charge in [-0.25, -0.2) is 0 Å². The Morgan fingerprint density at radius 3 is 2.42 bits per heavy atom. The van der Waals surface area contributed by atoms with Crippen LogP contribution >= 0.6 is 23.4 Å². The van der Waals surface area contributed by atoms with Crippen molar-refractivity contribution in [3.05, 3.63) is 64.7 Å². The van der Waals surface area contributed by atoms with E-state index in [1.165, 1.54) is 16.0 Å². The Morgan fingerprint density at radius 2 is 1.84 bits per heavy atom. The summed E-state index contributed by atoms with van der Waals surface area (Å²) in [6, 6.07) is 16.9. The van der Waals surface area contributed by atoms with E-state index in [9.17, 15) is 0 Å². The number of hydrogen-bond acceptors (Lipinski definition) is 2. The number of rotatable bonds is 5. The van der Waals surface area contributed by atoms with E-state index in [4.69, 9.17) is 11.6 Å². The number of hydrogen-bond donors (Lipinski definition) is 1. The van der Waals surface area contributed by atoms with Crippen molar-refractivity contribution in [2.45, 2.75) is 17.9 Å². The van der Waals surface area contributed by atoms with Crippen molar-refractivity contribution < 1.29 is 0 Å². The summed E-state index contributed by atoms with van der Waals surface area (Å²) >= 11 is 7.85. The van der Waals surface area contributed by atoms with Crippen molar-refractivity contribution in [2.75, 3.05) is 12.8 Å². The van der Waals surface area contributed by atoms with Crippen LogP contribution in [0.1, 0.15) is 24.1 Å². The average molecular weight is 292 g/mol. The lowest BCUT2D eigenvalue weighted by molar-refractivity contribution is 0.630. The molecule has 1 unspecified atom stereocenters. The second-order valence-electron chi connectivity index (χ2n) is 4.32. The Hall–Kier alpha value is -0.960. The van der Waals surface area contributed by atoms with Crippen molar-refractivity contribution in [1.29, 1.82) is 0 Å². The zero-order chi connectivity index (χ0) is 13.7. The Balaban J connectivity index is 2.33. The molecular formula is C16H18ClNS. The summed E-state index contributed by atoms with van der Waals surface area (Å²) in [6.45, 7) is 3.04. The van der Waals surface area contributed by atoms with Gasteiger partial charge in [-0.05, 0) is 48.2 Å². The van der Waals surface area contributed by atoms with Gasteiger partial charge < -0.3 is 5.32 Å². The van der Waals surface area contributed by atoms with Crippen molar-refractivity contribution in [1.82, 2.24) is 5.32 Å². The van der Waals surface area contributed by atoms with Crippen LogP contribution in [-0.2, 0) is 0 Å². The largest absolute Gasteiger partial charge is 0.307 e. The smallest absolute Gasteiger partial charge is 0.0577 e. The SMILES string of the molecule is CCNC(c1ccc(SC)cc1)c1cccc(Cl)c1. The first-order valence-corrected chi connectivity index (χ1v) is 7.97. The molecule has 0 radical (unpaired) electrons. The first kappa shape index (κ1) is 14.4. The molecule has 0 amide bonds. The van der Waals surface area contributed by atoms with E-state index in [2.05, 4.69) is 48.8 Å². The van der Waals surface area contributed by atoms with Crippen LogP contribution in [-0.4, -0.2) is 12.8 Å². The van der Waals surface area contributed by atoms with Crippen molar-refractivity contribution in [3.63, 3.8) is 0 Å². The molecule has 0 aliphatic heterocycles. The molecule has 2 aromatic carbocycles. The maximum atomic E-state index is 6.09. The quantitative estimate of drug-likeness (QED) is 0.797. The molecule has 0 saturated carbocycles. The second kappa shape index (κ2) is 6.99. The highest BCUT2D eigenvalue weighted by atomic mass is 35.5. The molecule has 0 aromatic heterocycles. The third kappa shape index (κ3) is 3.75. The van der Waals surface area contributed by atoms with E-state index >= 15 is 0 Å². The zero-order valence-electron chi connectivity index (χ0n) is 11.2. The molecule has 0 spiro atoms. The average Bonchev–Trinajstić information content (AvgIpc) is 2.45. The van der Waals surface area contributed by atoms with Crippen LogP contribution in [0.3, 0.4) is 0 Å². The minimum absolute atomic E-state index is 0.194. The fourth-order valence-electron chi connectivity index (χ4n) is 2.11. The maximum Gasteiger partial charge on any atom is 0.0577 e. The summed E-state index contributed by atoms with van der Waals surface area (Å²) in [5, 5.41) is 4.29. The Kier molecular flexibility index (Phi) is 5.32. The molecule has 0 saturated heterocycles. The lowest BCUT2D eigenvalue weighted by Crippen LogP contribution is -2.21. The highest BCUT2D eigenvalue weighted by Crippen LogP contribution is 2.26. The van der Waals surface area contributed by atoms with Crippen molar-refractivity contribution in [3.8, 4) is 0 Å². The normalized spacial score (nSPS) is 12.4. The van der Waals surface area contributed by atoms with Gasteiger partial charge in [0.15, 0.2) is 0 Å². The molecule has 0 aliphatic rings. The number of nitrogens with one attached hydrogen (secondary N) is 1. The minimum Gasteiger partial charge on any atom is -0.307 e. The first-order chi connectivity index (χ1) is 9.24. The monoisotopic (exact) mass is 291 g/mol. The van der Waals surface area contributed by atoms with E-state index in [0.717, 1.165) is 11.6 Å². The van der Waals surface area contributed by atoms with E-state index in [-0.39, 0.29) is 6.04 Å². The van der Waals surface area contributed by atoms with E-state index < -0.39 is 0 Å². The Labute approximate surface area is 124 Å². The van der Waals surface area contributed by atoms with E-state index in [1.54, 1.807) is 11.8 Å². The van der Waals surface area contributed by atoms with Crippen LogP contribution in [0.4, 0.5) is 0 Å². The number of benzene rings is 2. The molecule has 0 aliphatic carbocycles. The van der Waals surface area contributed by atoms with E-state index in [1.807, 2.05) is 18.2 Å². The third-order valence-electron chi connectivity index (χ3n) is 3.04. The predicted molar refractivity (Wildman–Crippen MR) is 85.2 cm³/mol. The van der Waals surface area contributed by atoms with Gasteiger partial charge >= 0.3 is 0 Å². The molecule has 1 atom stereocenters. The molecule has 0 bridgehead atoms. The molecule has 2 rings (SSSR count). The summed E-state index contributed by atoms with van der Waals surface area (Å²) in [7, 11) is 0. The molecule has 19 heavy (non-hydrogen) atoms. The fraction of sp³-hybridized carbons (Fsp3) is 0.250. The van der Waals surface area contributed by atoms with Crippen LogP contribution in [0.15, 0.2) is 53.4 Å². The minimum atomic E-state index is 0.194. The topological polar surface area (TPSA) is 12.0 Å². The summed E-state index contributed by atoms with van der Waals surface area (Å²) in [5.41, 5.74) is 2.47. The van der Waals surface area contributed by atoms with Gasteiger partial charge in [0, 0.05) is 9.92 Å². The van der Waals surface area contributed by atoms with Gasteiger partial charge in [0.05, 0.1) is 6.04 Å². The molecule has 0 fully saturated rings. The molecule has 0 heterocycles. The van der Waals surface area contributed by atoms with Crippen LogP contribution in [0, 0.1) is 0 Å². The molecular weight excluding hydrogens is 274 g/mol. The highest BCUT2D eigenvalue weighted by Gasteiger charge is 2.12. The summed E-state index contributed by atoms with van der Waals surface area (Å²) in [5.74, 6) is 0. The Bertz CT molecular complexity index is 525. The maximum absolute atomic E-state index is 6.09. The van der Waals surface area contributed by atoms with E-state index in [0.29, 0.717) is 0 Å². The van der Waals surface area contributed by atoms with Crippen LogP contribution in [0.5, 0.6) is 0 Å². The molecule has 3 heteroatoms. The van der Waals surface area contributed by atoms with Crippen molar-refractivity contribution in [2.24, 2.45) is 0 Å². The summed E-state index contributed by atoms with van der Waals surface area (Å²) in [4.78, 5) is 1.28. The van der Waals surface area contributed by atoms with Gasteiger partial charge in [0.2, 0.25) is 0 Å². The van der Waals surface area contributed by atoms with Gasteiger partial charge in [-0.15, -0.1) is 11.8 Å². The number of thioether (sulfide) groups is 1. The predicted octanol–water partition coefficient (Wildman–Crippen LogP) is 4.76. The molecule has 1 N–H and O–H groups in total. The standard InChI is InChI=1S/C16H18ClNS/c1-3-18-16(13-5-4-6-14(17)11-13)12-7-9-15(19-2)10-8-12/h4-11,16,18H,3H2,1-2H3. The summed E-state index contributed by atoms with van der Waals surface area (Å²) in [6.07, 6.45) is 2.09. The van der Waals surface area contributed by atoms with Crippen LogP contribution in [0.2, 0.25) is 5.02 Å². The lowest BCUT2D eigenvalue weighted by atomic mass is 9.99. The highest BCUT2D eigenvalue weighted by molar-refractivity contribution is 7.98. The lowest BCUT2D eigenvalue weighted by Gasteiger charge is -2.19. The first-order valence-electron chi connectivity index (χ1n) is 6.37. The van der Waals surface area contributed by atoms with Gasteiger partial charge in [-0.2, -0.15) is 0 Å². The van der Waals surface area contributed by atoms with Crippen molar-refractivity contribution >= 4 is 23.4 Å². The zero-order valence-corrected chi connectivity index (χ0v) is 12.8. The fourth-order valence-corrected chi connectivity index (χ4v) is 2.72. The van der Waals surface area contributed by atoms with Gasteiger partial charge in [-0.1, -0.05) is 42.8 Å². The molecule has 1 nitrogen and oxygen atoms in total. The molecule has 2 aromatic rings. The summed E-state index contributed by atoms with van der Waals surface area (Å²) < 4.78 is 0. The van der Waals surface area contributed by atoms with Gasteiger partial charge in [0.25, 0.3) is 0 Å². The second-order valence-corrected chi connectivity index (χ2v) is 5.63. The third-order valence-corrected chi connectivity index (χ3v) is 4.02. The number of halogens is 1.